The van der Waals surface area contributed by atoms with Gasteiger partial charge in [0.25, 0.3) is 10.0 Å². The van der Waals surface area contributed by atoms with E-state index in [4.69, 9.17) is 0 Å². The Hall–Kier alpha value is -4.43. The van der Waals surface area contributed by atoms with E-state index in [1.807, 2.05) is 87.5 Å². The number of anilines is 1. The first-order valence-corrected chi connectivity index (χ1v) is 17.3. The molecule has 0 aromatic heterocycles. The number of benzene rings is 4. The lowest BCUT2D eigenvalue weighted by Crippen LogP contribution is -2.53. The third kappa shape index (κ3) is 8.85. The van der Waals surface area contributed by atoms with Gasteiger partial charge in [-0.05, 0) is 67.1 Å². The van der Waals surface area contributed by atoms with Gasteiger partial charge in [0.05, 0.1) is 10.6 Å². The Morgan fingerprint density at radius 2 is 1.43 bits per heavy atom. The van der Waals surface area contributed by atoms with E-state index in [9.17, 15) is 18.0 Å². The average molecular weight is 640 g/mol. The van der Waals surface area contributed by atoms with Crippen LogP contribution in [-0.2, 0) is 32.6 Å². The molecule has 7 nitrogen and oxygen atoms in total. The van der Waals surface area contributed by atoms with Gasteiger partial charge in [0.15, 0.2) is 0 Å². The fourth-order valence-electron chi connectivity index (χ4n) is 5.32. The molecular weight excluding hydrogens is 595 g/mol. The van der Waals surface area contributed by atoms with E-state index in [1.165, 1.54) is 4.90 Å². The summed E-state index contributed by atoms with van der Waals surface area (Å²) >= 11 is 0. The quantitative estimate of drug-likeness (QED) is 0.165. The molecule has 0 spiro atoms. The highest BCUT2D eigenvalue weighted by Gasteiger charge is 2.34. The molecule has 4 aromatic rings. The predicted octanol–water partition coefficient (Wildman–Crippen LogP) is 6.79. The number of nitrogens with one attached hydrogen (secondary N) is 1. The van der Waals surface area contributed by atoms with Crippen LogP contribution in [0.2, 0.25) is 0 Å². The summed E-state index contributed by atoms with van der Waals surface area (Å²) in [7, 11) is -4.15. The van der Waals surface area contributed by atoms with Crippen LogP contribution in [0.25, 0.3) is 0 Å². The molecule has 1 N–H and O–H groups in total. The van der Waals surface area contributed by atoms with Gasteiger partial charge in [-0.1, -0.05) is 111 Å². The molecule has 4 rings (SSSR count). The second-order valence-electron chi connectivity index (χ2n) is 12.1. The molecule has 0 saturated carbocycles. The van der Waals surface area contributed by atoms with E-state index in [2.05, 4.69) is 19.2 Å². The molecule has 1 atom stereocenters. The Morgan fingerprint density at radius 1 is 0.783 bits per heavy atom. The zero-order valence-corrected chi connectivity index (χ0v) is 28.3. The molecule has 46 heavy (non-hydrogen) atoms. The first-order valence-electron chi connectivity index (χ1n) is 15.9. The first-order chi connectivity index (χ1) is 22.0. The van der Waals surface area contributed by atoms with E-state index in [1.54, 1.807) is 36.4 Å². The van der Waals surface area contributed by atoms with Gasteiger partial charge in [0.1, 0.15) is 12.6 Å². The monoisotopic (exact) mass is 639 g/mol. The van der Waals surface area contributed by atoms with Gasteiger partial charge in [-0.2, -0.15) is 0 Å². The van der Waals surface area contributed by atoms with Gasteiger partial charge in [0.2, 0.25) is 11.8 Å². The van der Waals surface area contributed by atoms with Crippen LogP contribution < -0.4 is 9.62 Å². The van der Waals surface area contributed by atoms with Crippen molar-refractivity contribution in [3.63, 3.8) is 0 Å². The van der Waals surface area contributed by atoms with E-state index < -0.39 is 28.5 Å². The van der Waals surface area contributed by atoms with Gasteiger partial charge in [-0.25, -0.2) is 8.42 Å². The largest absolute Gasteiger partial charge is 0.354 e. The van der Waals surface area contributed by atoms with Crippen LogP contribution in [-0.4, -0.2) is 44.3 Å². The van der Waals surface area contributed by atoms with E-state index in [0.717, 1.165) is 38.5 Å². The van der Waals surface area contributed by atoms with E-state index in [0.29, 0.717) is 12.2 Å². The molecular formula is C38H45N3O4S. The molecule has 0 fully saturated rings. The number of aryl methyl sites for hydroxylation is 2. The third-order valence-electron chi connectivity index (χ3n) is 7.99. The second-order valence-corrected chi connectivity index (χ2v) is 13.9. The molecule has 8 heteroatoms. The smallest absolute Gasteiger partial charge is 0.264 e. The standard InChI is InChI=1S/C38H45N3O4S/c1-6-23-39-38(43)36(25-31-12-8-7-9-13-31)40(26-32-14-10-11-30(5)24-32)37(42)27-41(34-19-17-33(18-20-34)28(2)3)46(44,45)35-21-15-29(4)16-22-35/h7-22,24,28,36H,6,23,25-27H2,1-5H3,(H,39,43)/t36-/m0/s1. The lowest BCUT2D eigenvalue weighted by atomic mass is 10.0. The van der Waals surface area contributed by atoms with E-state index in [-0.39, 0.29) is 29.7 Å². The van der Waals surface area contributed by atoms with Gasteiger partial charge < -0.3 is 10.2 Å². The molecule has 2 amide bonds. The van der Waals surface area contributed by atoms with Crippen LogP contribution in [0.1, 0.15) is 60.9 Å². The number of sulfonamides is 1. The maximum Gasteiger partial charge on any atom is 0.264 e. The van der Waals surface area contributed by atoms with Gasteiger partial charge in [-0.3, -0.25) is 13.9 Å². The Kier molecular flexibility index (Phi) is 11.8. The average Bonchev–Trinajstić information content (AvgIpc) is 3.04. The predicted molar refractivity (Wildman–Crippen MR) is 185 cm³/mol. The molecule has 0 bridgehead atoms. The maximum absolute atomic E-state index is 14.6. The Balaban J connectivity index is 1.80. The van der Waals surface area contributed by atoms with Gasteiger partial charge in [0, 0.05) is 19.5 Å². The summed E-state index contributed by atoms with van der Waals surface area (Å²) in [5.41, 5.74) is 5.13. The van der Waals surface area contributed by atoms with Gasteiger partial charge >= 0.3 is 0 Å². The Morgan fingerprint density at radius 3 is 2.04 bits per heavy atom. The minimum atomic E-state index is -4.15. The molecule has 0 aliphatic heterocycles. The summed E-state index contributed by atoms with van der Waals surface area (Å²) in [6.07, 6.45) is 1.02. The number of hydrogen-bond acceptors (Lipinski definition) is 4. The Labute approximate surface area is 274 Å². The number of amides is 2. The molecule has 0 saturated heterocycles. The molecule has 0 aliphatic rings. The summed E-state index contributed by atoms with van der Waals surface area (Å²) in [6, 6.07) is 30.4. The minimum absolute atomic E-state index is 0.0885. The Bertz CT molecular complexity index is 1700. The van der Waals surface area contributed by atoms with Crippen molar-refractivity contribution in [2.75, 3.05) is 17.4 Å². The molecule has 4 aromatic carbocycles. The highest BCUT2D eigenvalue weighted by atomic mass is 32.2. The van der Waals surface area contributed by atoms with Crippen LogP contribution in [0.15, 0.2) is 108 Å². The van der Waals surface area contributed by atoms with Crippen molar-refractivity contribution in [3.05, 3.63) is 131 Å². The number of hydrogen-bond donors (Lipinski definition) is 1. The lowest BCUT2D eigenvalue weighted by Gasteiger charge is -2.34. The number of carbonyl (C=O) groups excluding carboxylic acids is 2. The summed E-state index contributed by atoms with van der Waals surface area (Å²) < 4.78 is 29.6. The zero-order chi connectivity index (χ0) is 33.3. The fourth-order valence-corrected chi connectivity index (χ4v) is 6.73. The van der Waals surface area contributed by atoms with Crippen molar-refractivity contribution in [1.82, 2.24) is 10.2 Å². The van der Waals surface area contributed by atoms with Crippen molar-refractivity contribution in [3.8, 4) is 0 Å². The van der Waals surface area contributed by atoms with Gasteiger partial charge in [-0.15, -0.1) is 0 Å². The second kappa shape index (κ2) is 15.7. The first kappa shape index (κ1) is 34.4. The van der Waals surface area contributed by atoms with Crippen LogP contribution in [0.4, 0.5) is 5.69 Å². The summed E-state index contributed by atoms with van der Waals surface area (Å²) in [6.45, 7) is 10.1. The summed E-state index contributed by atoms with van der Waals surface area (Å²) in [4.78, 5) is 30.0. The van der Waals surface area contributed by atoms with Crippen molar-refractivity contribution < 1.29 is 18.0 Å². The fraction of sp³-hybridized carbons (Fsp3) is 0.316. The number of nitrogens with zero attached hydrogens (tertiary/aromatic N) is 2. The molecule has 0 radical (unpaired) electrons. The summed E-state index contributed by atoms with van der Waals surface area (Å²) in [5.74, 6) is -0.498. The van der Waals surface area contributed by atoms with Crippen LogP contribution in [0, 0.1) is 13.8 Å². The van der Waals surface area contributed by atoms with Crippen molar-refractivity contribution in [1.29, 1.82) is 0 Å². The molecule has 242 valence electrons. The van der Waals surface area contributed by atoms with Crippen LogP contribution in [0.3, 0.4) is 0 Å². The highest BCUT2D eigenvalue weighted by molar-refractivity contribution is 7.92. The zero-order valence-electron chi connectivity index (χ0n) is 27.4. The lowest BCUT2D eigenvalue weighted by molar-refractivity contribution is -0.140. The van der Waals surface area contributed by atoms with Crippen LogP contribution >= 0.6 is 0 Å². The highest BCUT2D eigenvalue weighted by Crippen LogP contribution is 2.27. The SMILES string of the molecule is CCCNC(=O)[C@H](Cc1ccccc1)N(Cc1cccc(C)c1)C(=O)CN(c1ccc(C(C)C)cc1)S(=O)(=O)c1ccc(C)cc1. The van der Waals surface area contributed by atoms with Crippen molar-refractivity contribution in [2.24, 2.45) is 0 Å². The summed E-state index contributed by atoms with van der Waals surface area (Å²) in [5, 5.41) is 2.98. The molecule has 0 unspecified atom stereocenters. The maximum atomic E-state index is 14.6. The topological polar surface area (TPSA) is 86.8 Å². The third-order valence-corrected chi connectivity index (χ3v) is 9.78. The number of carbonyl (C=O) groups is 2. The van der Waals surface area contributed by atoms with Crippen LogP contribution in [0.5, 0.6) is 0 Å². The van der Waals surface area contributed by atoms with E-state index >= 15 is 0 Å². The van der Waals surface area contributed by atoms with Crippen molar-refractivity contribution in [2.45, 2.75) is 70.9 Å². The number of rotatable bonds is 14. The minimum Gasteiger partial charge on any atom is -0.354 e. The normalized spacial score (nSPS) is 12.0. The molecule has 0 aliphatic carbocycles. The molecule has 0 heterocycles. The van der Waals surface area contributed by atoms with Crippen molar-refractivity contribution >= 4 is 27.5 Å².